The average molecular weight is 401 g/mol. The van der Waals surface area contributed by atoms with E-state index in [2.05, 4.69) is 22.9 Å². The van der Waals surface area contributed by atoms with Crippen molar-refractivity contribution in [2.75, 3.05) is 13.7 Å². The Balaban J connectivity index is 0.000000687. The Bertz CT molecular complexity index is 843. The molecule has 0 spiro atoms. The minimum Gasteiger partial charge on any atom is -0.471 e. The minimum atomic E-state index is -0.558. The fourth-order valence-electron chi connectivity index (χ4n) is 3.26. The molecule has 0 unspecified atom stereocenters. The Hall–Kier alpha value is -2.89. The highest BCUT2D eigenvalue weighted by Gasteiger charge is 2.34. The predicted molar refractivity (Wildman–Crippen MR) is 109 cm³/mol. The summed E-state index contributed by atoms with van der Waals surface area (Å²) in [6.45, 7) is 8.57. The molecule has 0 aromatic heterocycles. The maximum Gasteiger partial charge on any atom is 0.411 e. The maximum absolute atomic E-state index is 13.4. The van der Waals surface area contributed by atoms with E-state index in [1.807, 2.05) is 27.7 Å². The van der Waals surface area contributed by atoms with Gasteiger partial charge in [-0.2, -0.15) is 0 Å². The third-order valence-electron chi connectivity index (χ3n) is 4.44. The SMILES string of the molecule is COC=O.Cc1ccc2c(c1)[C@H](c1ccc(F)cc1)N(C(=O)OC(C)(C)C)CC2. The zero-order chi connectivity index (χ0) is 21.6. The van der Waals surface area contributed by atoms with Crippen LogP contribution in [-0.2, 0) is 20.7 Å². The van der Waals surface area contributed by atoms with Crippen molar-refractivity contribution in [3.05, 3.63) is 70.5 Å². The number of nitrogens with zero attached hydrogens (tertiary/aromatic N) is 1. The van der Waals surface area contributed by atoms with E-state index in [1.165, 1.54) is 24.8 Å². The van der Waals surface area contributed by atoms with E-state index < -0.39 is 5.60 Å². The van der Waals surface area contributed by atoms with E-state index in [9.17, 15) is 9.18 Å². The highest BCUT2D eigenvalue weighted by atomic mass is 19.1. The lowest BCUT2D eigenvalue weighted by Crippen LogP contribution is -2.43. The van der Waals surface area contributed by atoms with Gasteiger partial charge < -0.3 is 9.47 Å². The van der Waals surface area contributed by atoms with Gasteiger partial charge in [-0.25, -0.2) is 9.18 Å². The number of hydrogen-bond donors (Lipinski definition) is 0. The van der Waals surface area contributed by atoms with Crippen molar-refractivity contribution in [3.8, 4) is 0 Å². The molecule has 156 valence electrons. The second kappa shape index (κ2) is 9.54. The molecule has 5 nitrogen and oxygen atoms in total. The van der Waals surface area contributed by atoms with Gasteiger partial charge in [-0.1, -0.05) is 35.9 Å². The molecular formula is C23H28FNO4. The summed E-state index contributed by atoms with van der Waals surface area (Å²) in [5.41, 5.74) is 3.77. The monoisotopic (exact) mass is 401 g/mol. The van der Waals surface area contributed by atoms with E-state index >= 15 is 0 Å². The fourth-order valence-corrected chi connectivity index (χ4v) is 3.26. The van der Waals surface area contributed by atoms with Crippen molar-refractivity contribution in [1.82, 2.24) is 4.90 Å². The van der Waals surface area contributed by atoms with Crippen LogP contribution in [0.5, 0.6) is 0 Å². The maximum atomic E-state index is 13.4. The van der Waals surface area contributed by atoms with Crippen LogP contribution in [0.1, 0.15) is 49.1 Å². The van der Waals surface area contributed by atoms with Crippen molar-refractivity contribution in [3.63, 3.8) is 0 Å². The lowest BCUT2D eigenvalue weighted by atomic mass is 9.87. The zero-order valence-electron chi connectivity index (χ0n) is 17.6. The van der Waals surface area contributed by atoms with Crippen LogP contribution in [-0.4, -0.2) is 36.7 Å². The van der Waals surface area contributed by atoms with Gasteiger partial charge in [-0.3, -0.25) is 9.69 Å². The van der Waals surface area contributed by atoms with Crippen LogP contribution < -0.4 is 0 Å². The Kier molecular flexibility index (Phi) is 7.37. The average Bonchev–Trinajstić information content (AvgIpc) is 2.66. The molecule has 1 amide bonds. The van der Waals surface area contributed by atoms with Gasteiger partial charge in [0, 0.05) is 6.54 Å². The van der Waals surface area contributed by atoms with Gasteiger partial charge in [0.25, 0.3) is 6.47 Å². The number of methoxy groups -OCH3 is 1. The second-order valence-electron chi connectivity index (χ2n) is 7.91. The van der Waals surface area contributed by atoms with E-state index in [1.54, 1.807) is 17.0 Å². The molecule has 3 rings (SSSR count). The molecule has 2 aromatic carbocycles. The molecule has 0 saturated heterocycles. The normalized spacial score (nSPS) is 15.5. The molecular weight excluding hydrogens is 373 g/mol. The molecule has 1 atom stereocenters. The smallest absolute Gasteiger partial charge is 0.411 e. The van der Waals surface area contributed by atoms with E-state index in [-0.39, 0.29) is 18.0 Å². The first-order chi connectivity index (χ1) is 13.7. The Morgan fingerprint density at radius 1 is 1.17 bits per heavy atom. The molecule has 6 heteroatoms. The van der Waals surface area contributed by atoms with Gasteiger partial charge in [0.2, 0.25) is 0 Å². The Morgan fingerprint density at radius 3 is 2.34 bits per heavy atom. The highest BCUT2D eigenvalue weighted by Crippen LogP contribution is 2.36. The van der Waals surface area contributed by atoms with Gasteiger partial charge >= 0.3 is 6.09 Å². The first-order valence-electron chi connectivity index (χ1n) is 9.47. The summed E-state index contributed by atoms with van der Waals surface area (Å²) in [5.74, 6) is -0.284. The number of rotatable bonds is 2. The Morgan fingerprint density at radius 2 is 1.79 bits per heavy atom. The quantitative estimate of drug-likeness (QED) is 0.678. The number of aryl methyl sites for hydroxylation is 1. The number of hydrogen-bond acceptors (Lipinski definition) is 4. The molecule has 29 heavy (non-hydrogen) atoms. The van der Waals surface area contributed by atoms with Crippen LogP contribution in [0.3, 0.4) is 0 Å². The summed E-state index contributed by atoms with van der Waals surface area (Å²) in [4.78, 5) is 23.5. The highest BCUT2D eigenvalue weighted by molar-refractivity contribution is 5.70. The van der Waals surface area contributed by atoms with Gasteiger partial charge in [-0.05, 0) is 62.9 Å². The molecule has 0 bridgehead atoms. The zero-order valence-corrected chi connectivity index (χ0v) is 17.6. The van der Waals surface area contributed by atoms with Crippen LogP contribution in [0, 0.1) is 12.7 Å². The first kappa shape index (κ1) is 22.4. The molecule has 0 aliphatic carbocycles. The van der Waals surface area contributed by atoms with Crippen LogP contribution >= 0.6 is 0 Å². The molecule has 0 radical (unpaired) electrons. The second-order valence-corrected chi connectivity index (χ2v) is 7.91. The topological polar surface area (TPSA) is 55.8 Å². The molecule has 1 aliphatic heterocycles. The lowest BCUT2D eigenvalue weighted by molar-refractivity contribution is -0.126. The molecule has 1 heterocycles. The largest absolute Gasteiger partial charge is 0.471 e. The standard InChI is InChI=1S/C21H24FNO2.C2H4O2/c1-14-5-6-15-11-12-23(20(24)25-21(2,3)4)19(18(15)13-14)16-7-9-17(22)10-8-16;1-4-2-3/h5-10,13,19H,11-12H2,1-4H3;2H,1H3/t19-;/m0./s1. The number of ether oxygens (including phenoxy) is 2. The number of amides is 1. The predicted octanol–water partition coefficient (Wildman–Crippen LogP) is 4.81. The number of fused-ring (bicyclic) bond motifs is 1. The number of carbonyl (C=O) groups is 2. The number of carbonyl (C=O) groups excluding carboxylic acids is 2. The molecule has 2 aromatic rings. The van der Waals surface area contributed by atoms with Crippen molar-refractivity contribution in [2.45, 2.75) is 45.8 Å². The molecule has 0 fully saturated rings. The van der Waals surface area contributed by atoms with Gasteiger partial charge in [0.15, 0.2) is 0 Å². The van der Waals surface area contributed by atoms with Crippen LogP contribution in [0.25, 0.3) is 0 Å². The minimum absolute atomic E-state index is 0.265. The van der Waals surface area contributed by atoms with Gasteiger partial charge in [-0.15, -0.1) is 0 Å². The summed E-state index contributed by atoms with van der Waals surface area (Å²) in [5, 5.41) is 0. The van der Waals surface area contributed by atoms with Crippen LogP contribution in [0.15, 0.2) is 42.5 Å². The van der Waals surface area contributed by atoms with E-state index in [4.69, 9.17) is 9.53 Å². The van der Waals surface area contributed by atoms with Crippen molar-refractivity contribution >= 4 is 12.6 Å². The number of benzene rings is 2. The van der Waals surface area contributed by atoms with Crippen molar-refractivity contribution < 1.29 is 23.5 Å². The summed E-state index contributed by atoms with van der Waals surface area (Å²) >= 11 is 0. The summed E-state index contributed by atoms with van der Waals surface area (Å²) in [7, 11) is 1.31. The van der Waals surface area contributed by atoms with Gasteiger partial charge in [0.05, 0.1) is 13.2 Å². The van der Waals surface area contributed by atoms with Crippen molar-refractivity contribution in [2.24, 2.45) is 0 Å². The fraction of sp³-hybridized carbons (Fsp3) is 0.391. The molecule has 1 aliphatic rings. The third kappa shape index (κ3) is 6.04. The third-order valence-corrected chi connectivity index (χ3v) is 4.44. The van der Waals surface area contributed by atoms with Crippen LogP contribution in [0.4, 0.5) is 9.18 Å². The molecule has 0 N–H and O–H groups in total. The Labute approximate surface area is 171 Å². The lowest BCUT2D eigenvalue weighted by Gasteiger charge is -2.38. The molecule has 0 saturated carbocycles. The summed E-state index contributed by atoms with van der Waals surface area (Å²) in [6.07, 6.45) is 0.445. The van der Waals surface area contributed by atoms with E-state index in [0.29, 0.717) is 13.0 Å². The number of halogens is 1. The summed E-state index contributed by atoms with van der Waals surface area (Å²) < 4.78 is 22.9. The van der Waals surface area contributed by atoms with Crippen LogP contribution in [0.2, 0.25) is 0 Å². The van der Waals surface area contributed by atoms with Gasteiger partial charge in [0.1, 0.15) is 11.4 Å². The van der Waals surface area contributed by atoms with Crippen molar-refractivity contribution in [1.29, 1.82) is 0 Å². The van der Waals surface area contributed by atoms with E-state index in [0.717, 1.165) is 23.1 Å². The first-order valence-corrected chi connectivity index (χ1v) is 9.47. The summed E-state index contributed by atoms with van der Waals surface area (Å²) in [6, 6.07) is 12.4.